The molecule has 1 unspecified atom stereocenters. The molecule has 0 fully saturated rings. The van der Waals surface area contributed by atoms with Crippen molar-refractivity contribution in [2.75, 3.05) is 6.54 Å². The van der Waals surface area contributed by atoms with E-state index in [0.717, 1.165) is 31.6 Å². The number of benzene rings is 2. The maximum Gasteiger partial charge on any atom is 0.128 e. The van der Waals surface area contributed by atoms with Crippen LogP contribution in [0.1, 0.15) is 23.1 Å². The van der Waals surface area contributed by atoms with Crippen LogP contribution in [0.25, 0.3) is 0 Å². The van der Waals surface area contributed by atoms with Crippen molar-refractivity contribution in [3.63, 3.8) is 0 Å². The van der Waals surface area contributed by atoms with Gasteiger partial charge in [0, 0.05) is 16.6 Å². The van der Waals surface area contributed by atoms with Crippen LogP contribution in [0.4, 0.5) is 0 Å². The van der Waals surface area contributed by atoms with Gasteiger partial charge in [0.15, 0.2) is 0 Å². The Labute approximate surface area is 133 Å². The van der Waals surface area contributed by atoms with Crippen LogP contribution in [-0.4, -0.2) is 17.9 Å². The van der Waals surface area contributed by atoms with Gasteiger partial charge < -0.3 is 5.32 Å². The molecule has 2 aromatic rings. The van der Waals surface area contributed by atoms with Crippen molar-refractivity contribution in [3.8, 4) is 0 Å². The molecule has 1 aliphatic carbocycles. The molecule has 21 heavy (non-hydrogen) atoms. The van der Waals surface area contributed by atoms with Gasteiger partial charge in [-0.15, -0.1) is 0 Å². The monoisotopic (exact) mass is 340 g/mol. The summed E-state index contributed by atoms with van der Waals surface area (Å²) in [5, 5.41) is 3.52. The molecule has 2 aliphatic rings. The molecule has 1 atom stereocenters. The molecular formula is C18H17BrN2. The van der Waals surface area contributed by atoms with E-state index in [-0.39, 0.29) is 5.54 Å². The third kappa shape index (κ3) is 2.30. The van der Waals surface area contributed by atoms with E-state index in [1.807, 2.05) is 6.07 Å². The van der Waals surface area contributed by atoms with Crippen LogP contribution in [0.5, 0.6) is 0 Å². The van der Waals surface area contributed by atoms with E-state index in [1.165, 1.54) is 21.2 Å². The number of aliphatic imine (C=N–C) groups is 1. The second kappa shape index (κ2) is 4.99. The van der Waals surface area contributed by atoms with Crippen LogP contribution in [-0.2, 0) is 12.8 Å². The van der Waals surface area contributed by atoms with Gasteiger partial charge in [-0.3, -0.25) is 4.99 Å². The molecule has 0 radical (unpaired) electrons. The van der Waals surface area contributed by atoms with Crippen LogP contribution in [0, 0.1) is 0 Å². The van der Waals surface area contributed by atoms with Gasteiger partial charge in [-0.05, 0) is 36.5 Å². The summed E-state index contributed by atoms with van der Waals surface area (Å²) in [6, 6.07) is 16.9. The average Bonchev–Trinajstić information content (AvgIpc) is 2.92. The number of nitrogens with one attached hydrogen (secondary N) is 1. The minimum absolute atomic E-state index is 0.0406. The summed E-state index contributed by atoms with van der Waals surface area (Å²) < 4.78 is 1.24. The Balaban J connectivity index is 1.67. The summed E-state index contributed by atoms with van der Waals surface area (Å²) in [5.41, 5.74) is 4.13. The normalized spacial score (nSPS) is 23.6. The fraction of sp³-hybridized carbons (Fsp3) is 0.278. The second-order valence-electron chi connectivity index (χ2n) is 5.96. The highest BCUT2D eigenvalue weighted by Gasteiger charge is 2.38. The third-order valence-electron chi connectivity index (χ3n) is 4.56. The molecule has 1 N–H and O–H groups in total. The maximum atomic E-state index is 5.07. The first-order chi connectivity index (χ1) is 10.3. The molecule has 2 nitrogen and oxygen atoms in total. The number of fused-ring (bicyclic) bond motifs is 1. The molecular weight excluding hydrogens is 324 g/mol. The van der Waals surface area contributed by atoms with Crippen LogP contribution in [0.2, 0.25) is 0 Å². The van der Waals surface area contributed by atoms with Gasteiger partial charge in [0.1, 0.15) is 5.84 Å². The Hall–Kier alpha value is -1.61. The second-order valence-corrected chi connectivity index (χ2v) is 6.81. The van der Waals surface area contributed by atoms with Crippen molar-refractivity contribution in [2.24, 2.45) is 4.99 Å². The molecule has 106 valence electrons. The first-order valence-electron chi connectivity index (χ1n) is 7.41. The molecule has 0 amide bonds. The summed E-state index contributed by atoms with van der Waals surface area (Å²) in [6.07, 6.45) is 3.25. The zero-order valence-electron chi connectivity index (χ0n) is 11.8. The lowest BCUT2D eigenvalue weighted by molar-refractivity contribution is 0.394. The summed E-state index contributed by atoms with van der Waals surface area (Å²) in [5.74, 6) is 1.05. The van der Waals surface area contributed by atoms with E-state index >= 15 is 0 Å². The van der Waals surface area contributed by atoms with Crippen LogP contribution in [0.15, 0.2) is 58.0 Å². The zero-order valence-corrected chi connectivity index (χ0v) is 13.4. The molecule has 0 saturated carbocycles. The van der Waals surface area contributed by atoms with Gasteiger partial charge in [-0.2, -0.15) is 0 Å². The Kier molecular flexibility index (Phi) is 3.11. The quantitative estimate of drug-likeness (QED) is 0.840. The minimum atomic E-state index is 0.0406. The van der Waals surface area contributed by atoms with Crippen molar-refractivity contribution in [1.82, 2.24) is 5.32 Å². The van der Waals surface area contributed by atoms with Gasteiger partial charge in [0.2, 0.25) is 0 Å². The van der Waals surface area contributed by atoms with Gasteiger partial charge in [-0.25, -0.2) is 0 Å². The predicted molar refractivity (Wildman–Crippen MR) is 89.9 cm³/mol. The third-order valence-corrected chi connectivity index (χ3v) is 5.30. The van der Waals surface area contributed by atoms with Gasteiger partial charge in [0.25, 0.3) is 0 Å². The van der Waals surface area contributed by atoms with Crippen molar-refractivity contribution >= 4 is 21.8 Å². The summed E-state index contributed by atoms with van der Waals surface area (Å²) in [4.78, 5) is 5.07. The summed E-state index contributed by atoms with van der Waals surface area (Å²) >= 11 is 3.68. The highest BCUT2D eigenvalue weighted by Crippen LogP contribution is 2.36. The molecule has 3 heteroatoms. The summed E-state index contributed by atoms with van der Waals surface area (Å²) in [7, 11) is 0. The van der Waals surface area contributed by atoms with E-state index in [4.69, 9.17) is 4.99 Å². The van der Waals surface area contributed by atoms with Crippen molar-refractivity contribution in [2.45, 2.75) is 24.8 Å². The van der Waals surface area contributed by atoms with E-state index < -0.39 is 0 Å². The first-order valence-corrected chi connectivity index (χ1v) is 8.21. The lowest BCUT2D eigenvalue weighted by atomic mass is 9.79. The Morgan fingerprint density at radius 2 is 1.90 bits per heavy atom. The topological polar surface area (TPSA) is 24.4 Å². The molecule has 0 aromatic heterocycles. The molecule has 1 aliphatic heterocycles. The van der Waals surface area contributed by atoms with Crippen LogP contribution >= 0.6 is 15.9 Å². The van der Waals surface area contributed by atoms with Gasteiger partial charge >= 0.3 is 0 Å². The van der Waals surface area contributed by atoms with Crippen molar-refractivity contribution < 1.29 is 0 Å². The van der Waals surface area contributed by atoms with Gasteiger partial charge in [-0.1, -0.05) is 58.4 Å². The lowest BCUT2D eigenvalue weighted by Crippen LogP contribution is -2.38. The van der Waals surface area contributed by atoms with Crippen LogP contribution < -0.4 is 5.32 Å². The van der Waals surface area contributed by atoms with Crippen molar-refractivity contribution in [3.05, 3.63) is 69.7 Å². The number of hydrogen-bond donors (Lipinski definition) is 1. The highest BCUT2D eigenvalue weighted by molar-refractivity contribution is 9.10. The van der Waals surface area contributed by atoms with Crippen LogP contribution in [0.3, 0.4) is 0 Å². The maximum absolute atomic E-state index is 5.07. The Morgan fingerprint density at radius 1 is 1.05 bits per heavy atom. The number of hydrogen-bond acceptors (Lipinski definition) is 2. The molecule has 0 bridgehead atoms. The van der Waals surface area contributed by atoms with E-state index in [2.05, 4.69) is 63.7 Å². The molecule has 0 saturated heterocycles. The van der Waals surface area contributed by atoms with E-state index in [9.17, 15) is 0 Å². The highest BCUT2D eigenvalue weighted by atomic mass is 79.9. The number of halogens is 1. The summed E-state index contributed by atoms with van der Waals surface area (Å²) in [6.45, 7) is 0.948. The molecule has 2 aromatic carbocycles. The predicted octanol–water partition coefficient (Wildman–Crippen LogP) is 3.73. The van der Waals surface area contributed by atoms with E-state index in [0.29, 0.717) is 0 Å². The Morgan fingerprint density at radius 3 is 2.76 bits per heavy atom. The van der Waals surface area contributed by atoms with Gasteiger partial charge in [0.05, 0.1) is 5.54 Å². The first kappa shape index (κ1) is 13.1. The molecule has 1 spiro atoms. The minimum Gasteiger partial charge on any atom is -0.367 e. The standard InChI is InChI=1S/C18H17BrN2/c19-16-8-4-7-14-11-18(10-9-15(14)16)12-20-17(21-18)13-5-2-1-3-6-13/h1-8H,9-12H2,(H,20,21). The fourth-order valence-corrected chi connectivity index (χ4v) is 4.03. The number of amidine groups is 1. The average molecular weight is 341 g/mol. The number of rotatable bonds is 1. The fourth-order valence-electron chi connectivity index (χ4n) is 3.42. The van der Waals surface area contributed by atoms with Crippen molar-refractivity contribution in [1.29, 1.82) is 0 Å². The SMILES string of the molecule is Brc1cccc2c1CCC1(CNC(c3ccccc3)=N1)C2. The largest absolute Gasteiger partial charge is 0.367 e. The lowest BCUT2D eigenvalue weighted by Gasteiger charge is -2.31. The van der Waals surface area contributed by atoms with E-state index in [1.54, 1.807) is 0 Å². The number of nitrogens with zero attached hydrogens (tertiary/aromatic N) is 1. The smallest absolute Gasteiger partial charge is 0.128 e. The molecule has 4 rings (SSSR count). The zero-order chi connectivity index (χ0) is 14.3. The Bertz CT molecular complexity index is 708. The molecule has 1 heterocycles.